The number of nitrogens with zero attached hydrogens (tertiary/aromatic N) is 2. The van der Waals surface area contributed by atoms with Crippen molar-refractivity contribution < 1.29 is 35.5 Å². The molecule has 1 aromatic carbocycles. The molecule has 2 aliphatic rings. The van der Waals surface area contributed by atoms with Crippen molar-refractivity contribution in [2.45, 2.75) is 25.9 Å². The molecule has 0 spiro atoms. The molecular formula is C24H22BrF3N4O5S. The van der Waals surface area contributed by atoms with Crippen LogP contribution in [0.3, 0.4) is 0 Å². The number of amides is 1. The van der Waals surface area contributed by atoms with Gasteiger partial charge in [0.1, 0.15) is 5.69 Å². The number of para-hydroxylation sites is 1. The molecule has 38 heavy (non-hydrogen) atoms. The third-order valence-corrected chi connectivity index (χ3v) is 7.68. The van der Waals surface area contributed by atoms with Crippen molar-refractivity contribution in [3.63, 3.8) is 0 Å². The largest absolute Gasteiger partial charge is 0.516 e. The van der Waals surface area contributed by atoms with Gasteiger partial charge in [-0.1, -0.05) is 18.2 Å². The van der Waals surface area contributed by atoms with Gasteiger partial charge in [0.15, 0.2) is 0 Å². The Morgan fingerprint density at radius 2 is 1.89 bits per heavy atom. The van der Waals surface area contributed by atoms with Crippen LogP contribution in [0.4, 0.5) is 18.9 Å². The normalized spacial score (nSPS) is 12.1. The van der Waals surface area contributed by atoms with Gasteiger partial charge >= 0.3 is 15.5 Å². The highest BCUT2D eigenvalue weighted by atomic mass is 79.9. The van der Waals surface area contributed by atoms with Crippen LogP contribution in [0.15, 0.2) is 51.7 Å². The number of aryl methyl sites for hydroxylation is 1. The number of halogens is 4. The van der Waals surface area contributed by atoms with Gasteiger partial charge in [-0.15, -0.1) is 0 Å². The second kappa shape index (κ2) is 10.3. The number of hydrogen-bond acceptors (Lipinski definition) is 6. The Bertz CT molecular complexity index is 1580. The van der Waals surface area contributed by atoms with E-state index in [9.17, 15) is 26.4 Å². The fraction of sp³-hybridized carbons (Fsp3) is 0.250. The summed E-state index contributed by atoms with van der Waals surface area (Å²) >= 11 is 3.53. The number of sulfonamides is 1. The number of imidazole rings is 1. The fourth-order valence-electron chi connectivity index (χ4n) is 4.14. The van der Waals surface area contributed by atoms with Gasteiger partial charge in [-0.2, -0.15) is 26.6 Å². The molecule has 1 aliphatic heterocycles. The Morgan fingerprint density at radius 3 is 2.55 bits per heavy atom. The van der Waals surface area contributed by atoms with Gasteiger partial charge < -0.3 is 14.5 Å². The van der Waals surface area contributed by atoms with E-state index in [0.29, 0.717) is 32.4 Å². The molecule has 2 N–H and O–H groups in total. The number of ether oxygens (including phenoxy) is 1. The summed E-state index contributed by atoms with van der Waals surface area (Å²) in [5.74, 6) is -0.411. The van der Waals surface area contributed by atoms with Gasteiger partial charge in [-0.05, 0) is 53.0 Å². The lowest BCUT2D eigenvalue weighted by Gasteiger charge is -2.17. The van der Waals surface area contributed by atoms with E-state index in [1.807, 2.05) is 0 Å². The zero-order valence-corrected chi connectivity index (χ0v) is 22.7. The van der Waals surface area contributed by atoms with E-state index in [1.165, 1.54) is 37.8 Å². The number of rotatable bonds is 8. The quantitative estimate of drug-likeness (QED) is 0.275. The van der Waals surface area contributed by atoms with Crippen LogP contribution < -0.4 is 14.8 Å². The van der Waals surface area contributed by atoms with E-state index in [-0.39, 0.29) is 36.1 Å². The first-order valence-electron chi connectivity index (χ1n) is 11.2. The van der Waals surface area contributed by atoms with Gasteiger partial charge in [-0.3, -0.25) is 14.1 Å². The highest BCUT2D eigenvalue weighted by molar-refractivity contribution is 9.10. The number of benzene rings is 1. The molecule has 0 saturated carbocycles. The Kier molecular flexibility index (Phi) is 7.48. The first-order valence-corrected chi connectivity index (χ1v) is 13.5. The van der Waals surface area contributed by atoms with E-state index in [2.05, 4.69) is 26.2 Å². The molecule has 1 amide bonds. The van der Waals surface area contributed by atoms with Crippen LogP contribution in [0.1, 0.15) is 28.7 Å². The van der Waals surface area contributed by atoms with Crippen molar-refractivity contribution in [3.05, 3.63) is 64.3 Å². The highest BCUT2D eigenvalue weighted by Crippen LogP contribution is 2.49. The van der Waals surface area contributed by atoms with Crippen LogP contribution >= 0.6 is 15.9 Å². The van der Waals surface area contributed by atoms with Gasteiger partial charge in [0.05, 0.1) is 37.1 Å². The minimum absolute atomic E-state index is 0.0146. The average molecular weight is 615 g/mol. The summed E-state index contributed by atoms with van der Waals surface area (Å²) in [6, 6.07) is 7.56. The third kappa shape index (κ3) is 4.85. The number of aromatic nitrogens is 2. The second-order valence-electron chi connectivity index (χ2n) is 8.08. The summed E-state index contributed by atoms with van der Waals surface area (Å²) in [5.41, 5.74) is -2.77. The first-order chi connectivity index (χ1) is 17.9. The molecule has 2 aromatic rings. The zero-order chi connectivity index (χ0) is 27.8. The minimum atomic E-state index is -5.70. The molecule has 1 aromatic heterocycles. The molecule has 2 heterocycles. The van der Waals surface area contributed by atoms with Gasteiger partial charge in [0.2, 0.25) is 0 Å². The van der Waals surface area contributed by atoms with E-state index >= 15 is 0 Å². The predicted octanol–water partition coefficient (Wildman–Crippen LogP) is 5.39. The van der Waals surface area contributed by atoms with E-state index in [4.69, 9.17) is 9.15 Å². The number of anilines is 1. The summed E-state index contributed by atoms with van der Waals surface area (Å²) in [6.45, 7) is 3.70. The van der Waals surface area contributed by atoms with E-state index in [0.717, 1.165) is 0 Å². The Morgan fingerprint density at radius 1 is 1.18 bits per heavy atom. The SMILES string of the molecule is CCOc1nc(C)c(C(=O)NC)n1Cc1c2ccocc-2c(Br)c1-c1ccccc1NS(=O)(=O)C(F)(F)F. The van der Waals surface area contributed by atoms with Crippen molar-refractivity contribution in [3.8, 4) is 28.3 Å². The van der Waals surface area contributed by atoms with Gasteiger partial charge in [0, 0.05) is 28.2 Å². The van der Waals surface area contributed by atoms with E-state index in [1.54, 1.807) is 35.3 Å². The Balaban J connectivity index is 1.98. The lowest BCUT2D eigenvalue weighted by molar-refractivity contribution is -0.0429. The highest BCUT2D eigenvalue weighted by Gasteiger charge is 2.46. The van der Waals surface area contributed by atoms with Gasteiger partial charge in [0.25, 0.3) is 11.9 Å². The molecule has 202 valence electrons. The van der Waals surface area contributed by atoms with Crippen LogP contribution in [0.25, 0.3) is 22.3 Å². The molecule has 0 bridgehead atoms. The molecule has 9 nitrogen and oxygen atoms in total. The maximum atomic E-state index is 13.2. The van der Waals surface area contributed by atoms with Crippen molar-refractivity contribution in [2.75, 3.05) is 18.4 Å². The molecular weight excluding hydrogens is 593 g/mol. The smallest absolute Gasteiger partial charge is 0.472 e. The molecule has 0 fully saturated rings. The van der Waals surface area contributed by atoms with Crippen molar-refractivity contribution in [1.29, 1.82) is 0 Å². The van der Waals surface area contributed by atoms with Crippen LogP contribution in [0, 0.1) is 6.92 Å². The Hall–Kier alpha value is -3.52. The number of carbonyl (C=O) groups is 1. The lowest BCUT2D eigenvalue weighted by Crippen LogP contribution is -2.30. The summed E-state index contributed by atoms with van der Waals surface area (Å²) in [5, 5.41) is 2.58. The summed E-state index contributed by atoms with van der Waals surface area (Å²) < 4.78 is 78.3. The first kappa shape index (κ1) is 27.5. The summed E-state index contributed by atoms with van der Waals surface area (Å²) in [4.78, 5) is 17.1. The van der Waals surface area contributed by atoms with E-state index < -0.39 is 21.4 Å². The predicted molar refractivity (Wildman–Crippen MR) is 138 cm³/mol. The number of alkyl halides is 3. The maximum absolute atomic E-state index is 13.2. The Labute approximate surface area is 224 Å². The van der Waals surface area contributed by atoms with Crippen molar-refractivity contribution in [1.82, 2.24) is 14.9 Å². The van der Waals surface area contributed by atoms with Crippen molar-refractivity contribution >= 4 is 37.5 Å². The van der Waals surface area contributed by atoms with Crippen LogP contribution in [0.2, 0.25) is 0 Å². The number of nitrogens with one attached hydrogen (secondary N) is 2. The fourth-order valence-corrected chi connectivity index (χ4v) is 5.48. The molecule has 0 atom stereocenters. The van der Waals surface area contributed by atoms with Crippen LogP contribution in [-0.4, -0.2) is 43.0 Å². The van der Waals surface area contributed by atoms with Crippen molar-refractivity contribution in [2.24, 2.45) is 0 Å². The number of carbonyl (C=O) groups excluding carboxylic acids is 1. The summed E-state index contributed by atoms with van der Waals surface area (Å²) in [7, 11) is -4.22. The van der Waals surface area contributed by atoms with Gasteiger partial charge in [-0.25, -0.2) is 0 Å². The molecule has 0 radical (unpaired) electrons. The molecule has 0 saturated heterocycles. The molecule has 0 unspecified atom stereocenters. The zero-order valence-electron chi connectivity index (χ0n) is 20.3. The minimum Gasteiger partial charge on any atom is -0.472 e. The third-order valence-electron chi connectivity index (χ3n) is 5.76. The standard InChI is InChI=1S/C24H22BrF3N4O5S/c1-4-37-23-30-13(2)21(22(33)29-3)32(23)11-16-14-9-10-36-12-17(14)20(25)19(16)15-7-5-6-8-18(15)31-38(34,35)24(26,27)28/h5-10,12,31H,4,11H2,1-3H3,(H,29,33). The number of fused-ring (bicyclic) bond motifs is 1. The topological polar surface area (TPSA) is 115 Å². The second-order valence-corrected chi connectivity index (χ2v) is 10.5. The van der Waals surface area contributed by atoms with Crippen LogP contribution in [0.5, 0.6) is 6.01 Å². The summed E-state index contributed by atoms with van der Waals surface area (Å²) in [6.07, 6.45) is 2.89. The van der Waals surface area contributed by atoms with Crippen LogP contribution in [-0.2, 0) is 16.6 Å². The average Bonchev–Trinajstić information content (AvgIpc) is 3.32. The molecule has 14 heteroatoms. The lowest BCUT2D eigenvalue weighted by atomic mass is 10.0. The number of hydrogen-bond donors (Lipinski definition) is 2. The molecule has 4 rings (SSSR count). The monoisotopic (exact) mass is 614 g/mol. The maximum Gasteiger partial charge on any atom is 0.516 e. The molecule has 1 aliphatic carbocycles.